The van der Waals surface area contributed by atoms with Crippen LogP contribution in [0.2, 0.25) is 0 Å². The number of nitrogens with zero attached hydrogens (tertiary/aromatic N) is 1. The zero-order chi connectivity index (χ0) is 7.72. The van der Waals surface area contributed by atoms with E-state index in [1.54, 1.807) is 6.92 Å². The fraction of sp³-hybridized carbons (Fsp3) is 0.500. The van der Waals surface area contributed by atoms with Gasteiger partial charge in [-0.25, -0.2) is 4.90 Å². The molecular weight excluding hydrogens is 134 g/mol. The molecule has 4 nitrogen and oxygen atoms in total. The maximum absolute atomic E-state index is 10.8. The second kappa shape index (κ2) is 2.21. The Kier molecular flexibility index (Phi) is 1.53. The molecule has 54 valence electrons. The quantitative estimate of drug-likeness (QED) is 0.366. The van der Waals surface area contributed by atoms with Crippen molar-refractivity contribution < 1.29 is 14.4 Å². The molecule has 0 aliphatic carbocycles. The molecule has 0 aromatic rings. The molecule has 1 rings (SSSR count). The number of imide groups is 3. The molecule has 0 bridgehead atoms. The molecule has 10 heavy (non-hydrogen) atoms. The van der Waals surface area contributed by atoms with E-state index in [1.165, 1.54) is 0 Å². The zero-order valence-electron chi connectivity index (χ0n) is 5.53. The summed E-state index contributed by atoms with van der Waals surface area (Å²) in [5.41, 5.74) is 0. The Morgan fingerprint density at radius 2 is 2.20 bits per heavy atom. The monoisotopic (exact) mass is 141 g/mol. The van der Waals surface area contributed by atoms with Gasteiger partial charge >= 0.3 is 0 Å². The van der Waals surface area contributed by atoms with Gasteiger partial charge < -0.3 is 0 Å². The van der Waals surface area contributed by atoms with Gasteiger partial charge in [0.05, 0.1) is 0 Å². The van der Waals surface area contributed by atoms with E-state index in [0.717, 1.165) is 0 Å². The Morgan fingerprint density at radius 1 is 1.60 bits per heavy atom. The summed E-state index contributed by atoms with van der Waals surface area (Å²) in [5, 5.41) is 0. The average molecular weight is 141 g/mol. The van der Waals surface area contributed by atoms with E-state index >= 15 is 0 Å². The first kappa shape index (κ1) is 6.92. The fourth-order valence-corrected chi connectivity index (χ4v) is 0.919. The Morgan fingerprint density at radius 3 is 2.40 bits per heavy atom. The van der Waals surface area contributed by atoms with Crippen LogP contribution in [0, 0.1) is 5.92 Å². The van der Waals surface area contributed by atoms with Gasteiger partial charge in [0.25, 0.3) is 0 Å². The minimum atomic E-state index is -0.396. The van der Waals surface area contributed by atoms with Crippen molar-refractivity contribution in [3.05, 3.63) is 0 Å². The predicted octanol–water partition coefficient (Wildman–Crippen LogP) is -0.462. The highest BCUT2D eigenvalue weighted by Crippen LogP contribution is 2.16. The lowest BCUT2D eigenvalue weighted by molar-refractivity contribution is -0.144. The Labute approximate surface area is 57.8 Å². The highest BCUT2D eigenvalue weighted by atomic mass is 16.2. The van der Waals surface area contributed by atoms with E-state index < -0.39 is 5.91 Å². The summed E-state index contributed by atoms with van der Waals surface area (Å²) in [6.07, 6.45) is 0.436. The van der Waals surface area contributed by atoms with Crippen molar-refractivity contribution in [2.45, 2.75) is 13.3 Å². The number of carbonyl (C=O) groups is 3. The Bertz CT molecular complexity index is 199. The van der Waals surface area contributed by atoms with Crippen molar-refractivity contribution in [1.29, 1.82) is 0 Å². The van der Waals surface area contributed by atoms with E-state index in [1.807, 2.05) is 0 Å². The van der Waals surface area contributed by atoms with Gasteiger partial charge in [-0.1, -0.05) is 6.92 Å². The zero-order valence-corrected chi connectivity index (χ0v) is 5.53. The van der Waals surface area contributed by atoms with Crippen molar-refractivity contribution in [2.24, 2.45) is 5.92 Å². The Balaban J connectivity index is 2.83. The van der Waals surface area contributed by atoms with Crippen LogP contribution >= 0.6 is 0 Å². The number of amides is 3. The molecule has 1 saturated heterocycles. The number of hydrogen-bond acceptors (Lipinski definition) is 3. The van der Waals surface area contributed by atoms with Crippen LogP contribution in [0.15, 0.2) is 0 Å². The molecule has 1 heterocycles. The van der Waals surface area contributed by atoms with Gasteiger partial charge in [-0.05, 0) is 0 Å². The van der Waals surface area contributed by atoms with Gasteiger partial charge in [0.2, 0.25) is 18.2 Å². The molecule has 1 atom stereocenters. The van der Waals surface area contributed by atoms with Crippen molar-refractivity contribution in [3.63, 3.8) is 0 Å². The standard InChI is InChI=1S/C6H7NO3/c1-4-2-5(9)7(3-8)6(4)10/h3-4H,2H2,1H3. The lowest BCUT2D eigenvalue weighted by atomic mass is 10.1. The Hall–Kier alpha value is -1.19. The van der Waals surface area contributed by atoms with Gasteiger partial charge in [-0.3, -0.25) is 14.4 Å². The first-order valence-corrected chi connectivity index (χ1v) is 2.98. The molecule has 0 saturated carbocycles. The molecule has 0 spiro atoms. The predicted molar refractivity (Wildman–Crippen MR) is 31.7 cm³/mol. The van der Waals surface area contributed by atoms with E-state index in [9.17, 15) is 14.4 Å². The fourth-order valence-electron chi connectivity index (χ4n) is 0.919. The van der Waals surface area contributed by atoms with Crippen molar-refractivity contribution in [3.8, 4) is 0 Å². The molecule has 0 aromatic heterocycles. The topological polar surface area (TPSA) is 54.5 Å². The summed E-state index contributed by atoms with van der Waals surface area (Å²) in [6.45, 7) is 1.63. The van der Waals surface area contributed by atoms with Crippen LogP contribution in [0.1, 0.15) is 13.3 Å². The molecule has 1 aliphatic heterocycles. The molecule has 1 unspecified atom stereocenters. The summed E-state index contributed by atoms with van der Waals surface area (Å²) in [6, 6.07) is 0. The summed E-state index contributed by atoms with van der Waals surface area (Å²) < 4.78 is 0. The van der Waals surface area contributed by atoms with Crippen LogP contribution in [-0.2, 0) is 14.4 Å². The maximum Gasteiger partial charge on any atom is 0.239 e. The van der Waals surface area contributed by atoms with Crippen LogP contribution in [0.5, 0.6) is 0 Å². The second-order valence-corrected chi connectivity index (χ2v) is 2.31. The van der Waals surface area contributed by atoms with Gasteiger partial charge in [0, 0.05) is 12.3 Å². The molecule has 1 fully saturated rings. The summed E-state index contributed by atoms with van der Waals surface area (Å²) in [7, 11) is 0. The maximum atomic E-state index is 10.8. The molecule has 1 aliphatic rings. The van der Waals surface area contributed by atoms with Gasteiger partial charge in [-0.2, -0.15) is 0 Å². The molecule has 3 amide bonds. The first-order chi connectivity index (χ1) is 4.66. The van der Waals surface area contributed by atoms with E-state index in [-0.39, 0.29) is 24.7 Å². The first-order valence-electron chi connectivity index (χ1n) is 2.98. The molecule has 0 radical (unpaired) electrons. The number of carbonyl (C=O) groups excluding carboxylic acids is 3. The molecule has 4 heteroatoms. The number of likely N-dealkylation sites (tertiary alicyclic amines) is 1. The summed E-state index contributed by atoms with van der Waals surface area (Å²) in [4.78, 5) is 32.2. The van der Waals surface area contributed by atoms with Crippen LogP contribution in [0.3, 0.4) is 0 Å². The van der Waals surface area contributed by atoms with Crippen molar-refractivity contribution in [1.82, 2.24) is 4.90 Å². The summed E-state index contributed by atoms with van der Waals surface area (Å²) >= 11 is 0. The lowest BCUT2D eigenvalue weighted by Gasteiger charge is -2.01. The van der Waals surface area contributed by atoms with Crippen molar-refractivity contribution >= 4 is 18.2 Å². The normalized spacial score (nSPS) is 25.7. The highest BCUT2D eigenvalue weighted by Gasteiger charge is 2.34. The van der Waals surface area contributed by atoms with Crippen LogP contribution < -0.4 is 0 Å². The number of rotatable bonds is 1. The van der Waals surface area contributed by atoms with E-state index in [2.05, 4.69) is 0 Å². The smallest absolute Gasteiger partial charge is 0.239 e. The molecular formula is C6H7NO3. The van der Waals surface area contributed by atoms with Gasteiger partial charge in [0.15, 0.2) is 0 Å². The minimum absolute atomic E-state index is 0.164. The van der Waals surface area contributed by atoms with Crippen LogP contribution in [0.25, 0.3) is 0 Å². The third-order valence-corrected chi connectivity index (χ3v) is 1.51. The highest BCUT2D eigenvalue weighted by molar-refractivity contribution is 6.10. The average Bonchev–Trinajstić information content (AvgIpc) is 2.09. The van der Waals surface area contributed by atoms with Gasteiger partial charge in [0.1, 0.15) is 0 Å². The van der Waals surface area contributed by atoms with E-state index in [0.29, 0.717) is 4.90 Å². The SMILES string of the molecule is CC1CC(=O)N(C=O)C1=O. The van der Waals surface area contributed by atoms with Crippen molar-refractivity contribution in [2.75, 3.05) is 0 Å². The second-order valence-electron chi connectivity index (χ2n) is 2.31. The molecule has 0 N–H and O–H groups in total. The molecule has 0 aromatic carbocycles. The van der Waals surface area contributed by atoms with Crippen LogP contribution in [0.4, 0.5) is 0 Å². The lowest BCUT2D eigenvalue weighted by Crippen LogP contribution is -2.28. The van der Waals surface area contributed by atoms with Crippen LogP contribution in [-0.4, -0.2) is 23.1 Å². The third kappa shape index (κ3) is 0.814. The summed E-state index contributed by atoms with van der Waals surface area (Å²) in [5.74, 6) is -1.11. The third-order valence-electron chi connectivity index (χ3n) is 1.51. The van der Waals surface area contributed by atoms with Gasteiger partial charge in [-0.15, -0.1) is 0 Å². The van der Waals surface area contributed by atoms with E-state index in [4.69, 9.17) is 0 Å². The largest absolute Gasteiger partial charge is 0.278 e. The minimum Gasteiger partial charge on any atom is -0.278 e. The number of hydrogen-bond donors (Lipinski definition) is 0.